The molecule has 8 rings (SSSR count). The summed E-state index contributed by atoms with van der Waals surface area (Å²) in [4.78, 5) is 47.7. The summed E-state index contributed by atoms with van der Waals surface area (Å²) in [6, 6.07) is 30.6. The number of hydrogen-bond acceptors (Lipinski definition) is 10. The highest BCUT2D eigenvalue weighted by molar-refractivity contribution is 7.13. The van der Waals surface area contributed by atoms with Crippen molar-refractivity contribution in [2.45, 2.75) is 50.6 Å². The fourth-order valence-corrected chi connectivity index (χ4v) is 8.34. The lowest BCUT2D eigenvalue weighted by atomic mass is 10.00. The second kappa shape index (κ2) is 18.5. The summed E-state index contributed by atoms with van der Waals surface area (Å²) in [6.07, 6.45) is 9.65. The normalized spacial score (nSPS) is 16.9. The Morgan fingerprint density at radius 3 is 1.41 bits per heavy atom. The minimum absolute atomic E-state index is 0.0101. The average Bonchev–Trinajstić information content (AvgIpc) is 3.95. The fraction of sp³-hybridized carbons (Fsp3) is 0.286. The number of amides is 2. The maximum Gasteiger partial charge on any atom is 0.261 e. The molecule has 276 valence electrons. The van der Waals surface area contributed by atoms with Crippen LogP contribution in [0.1, 0.15) is 62.0 Å². The molecule has 4 aromatic heterocycles. The number of rotatable bonds is 10. The van der Waals surface area contributed by atoms with Gasteiger partial charge in [0.25, 0.3) is 11.8 Å². The molecule has 0 aliphatic carbocycles. The predicted molar refractivity (Wildman–Crippen MR) is 211 cm³/mol. The van der Waals surface area contributed by atoms with E-state index in [9.17, 15) is 9.59 Å². The van der Waals surface area contributed by atoms with Gasteiger partial charge in [0.2, 0.25) is 0 Å². The monoisotopic (exact) mass is 758 g/mol. The Balaban J connectivity index is 0.000000167. The quantitative estimate of drug-likeness (QED) is 0.137. The highest BCUT2D eigenvalue weighted by atomic mass is 32.1. The molecule has 2 fully saturated rings. The fourth-order valence-electron chi connectivity index (χ4n) is 6.66. The van der Waals surface area contributed by atoms with Crippen LogP contribution in [0.5, 0.6) is 11.5 Å². The van der Waals surface area contributed by atoms with Crippen molar-refractivity contribution in [1.29, 1.82) is 0 Å². The summed E-state index contributed by atoms with van der Waals surface area (Å²) in [5, 5.41) is 5.89. The lowest BCUT2D eigenvalue weighted by Gasteiger charge is -2.34. The number of ether oxygens (including phenoxy) is 2. The summed E-state index contributed by atoms with van der Waals surface area (Å²) in [5.41, 5.74) is 3.64. The molecule has 2 aliphatic heterocycles. The number of pyridine rings is 2. The lowest BCUT2D eigenvalue weighted by molar-refractivity contribution is -0.138. The molecule has 0 bridgehead atoms. The van der Waals surface area contributed by atoms with Gasteiger partial charge in [0.15, 0.2) is 13.2 Å². The molecule has 0 radical (unpaired) electrons. The summed E-state index contributed by atoms with van der Waals surface area (Å²) >= 11 is 3.15. The smallest absolute Gasteiger partial charge is 0.261 e. The molecule has 2 atom stereocenters. The molecule has 6 heterocycles. The Morgan fingerprint density at radius 2 is 1.00 bits per heavy atom. The number of carbonyl (C=O) groups excluding carboxylic acids is 2. The van der Waals surface area contributed by atoms with Crippen LogP contribution in [0.25, 0.3) is 21.4 Å². The van der Waals surface area contributed by atoms with Crippen LogP contribution in [0.3, 0.4) is 0 Å². The van der Waals surface area contributed by atoms with E-state index in [0.717, 1.165) is 84.4 Å². The van der Waals surface area contributed by atoms with Crippen molar-refractivity contribution >= 4 is 34.5 Å². The molecule has 2 amide bonds. The van der Waals surface area contributed by atoms with Crippen molar-refractivity contribution < 1.29 is 19.1 Å². The average molecular weight is 759 g/mol. The van der Waals surface area contributed by atoms with Crippen LogP contribution >= 0.6 is 22.7 Å². The van der Waals surface area contributed by atoms with Crippen molar-refractivity contribution in [1.82, 2.24) is 29.7 Å². The molecule has 54 heavy (non-hydrogen) atoms. The number of aromatic nitrogens is 4. The molecule has 0 N–H and O–H groups in total. The van der Waals surface area contributed by atoms with Gasteiger partial charge in [-0.15, -0.1) is 22.7 Å². The number of para-hydroxylation sites is 2. The van der Waals surface area contributed by atoms with Gasteiger partial charge < -0.3 is 19.3 Å². The van der Waals surface area contributed by atoms with Gasteiger partial charge in [0.1, 0.15) is 21.5 Å². The summed E-state index contributed by atoms with van der Waals surface area (Å²) in [6.45, 7) is 1.60. The number of likely N-dealkylation sites (tertiary alicyclic amines) is 2. The molecule has 6 aromatic rings. The zero-order chi connectivity index (χ0) is 37.0. The van der Waals surface area contributed by atoms with E-state index >= 15 is 0 Å². The number of hydrogen-bond donors (Lipinski definition) is 0. The number of nitrogens with zero attached hydrogens (tertiary/aromatic N) is 6. The van der Waals surface area contributed by atoms with Gasteiger partial charge in [-0.05, 0) is 87.1 Å². The third-order valence-electron chi connectivity index (χ3n) is 9.35. The van der Waals surface area contributed by atoms with Crippen LogP contribution < -0.4 is 9.47 Å². The molecule has 2 aliphatic rings. The Morgan fingerprint density at radius 1 is 0.574 bits per heavy atom. The van der Waals surface area contributed by atoms with Crippen LogP contribution in [0.2, 0.25) is 0 Å². The maximum absolute atomic E-state index is 12.8. The second-order valence-corrected chi connectivity index (χ2v) is 14.7. The minimum Gasteiger partial charge on any atom is -0.484 e. The van der Waals surface area contributed by atoms with Gasteiger partial charge in [0.05, 0.1) is 34.9 Å². The highest BCUT2D eigenvalue weighted by Crippen LogP contribution is 2.35. The van der Waals surface area contributed by atoms with Gasteiger partial charge in [-0.1, -0.05) is 48.5 Å². The summed E-state index contributed by atoms with van der Waals surface area (Å²) in [5.74, 6) is 1.45. The van der Waals surface area contributed by atoms with Crippen molar-refractivity contribution in [3.05, 3.63) is 132 Å². The number of piperidine rings is 2. The van der Waals surface area contributed by atoms with E-state index in [2.05, 4.69) is 20.7 Å². The molecule has 12 heteroatoms. The Labute approximate surface area is 323 Å². The van der Waals surface area contributed by atoms with Gasteiger partial charge in [-0.2, -0.15) is 0 Å². The Kier molecular flexibility index (Phi) is 12.7. The maximum atomic E-state index is 12.8. The number of benzene rings is 2. The van der Waals surface area contributed by atoms with Gasteiger partial charge in [-0.3, -0.25) is 19.6 Å². The van der Waals surface area contributed by atoms with E-state index in [4.69, 9.17) is 19.4 Å². The third-order valence-corrected chi connectivity index (χ3v) is 11.1. The third kappa shape index (κ3) is 9.55. The van der Waals surface area contributed by atoms with E-state index in [1.165, 1.54) is 0 Å². The van der Waals surface area contributed by atoms with Crippen LogP contribution in [-0.4, -0.2) is 67.9 Å². The zero-order valence-electron chi connectivity index (χ0n) is 29.9. The molecule has 0 unspecified atom stereocenters. The van der Waals surface area contributed by atoms with Crippen LogP contribution in [-0.2, 0) is 9.59 Å². The molecule has 2 saturated heterocycles. The van der Waals surface area contributed by atoms with E-state index in [1.807, 2.05) is 107 Å². The first-order valence-electron chi connectivity index (χ1n) is 18.3. The SMILES string of the molecule is O=C(COc1ccccc1)N1CCCC[C@@H]1c1csc(-c2ccccn2)n1.O=C(COc1ccccc1)N1CCCC[C@@H]1c1csc(-c2ccccn2)n1. The number of carbonyl (C=O) groups is 2. The van der Waals surface area contributed by atoms with Crippen LogP contribution in [0.4, 0.5) is 0 Å². The molecular formula is C42H42N6O4S2. The van der Waals surface area contributed by atoms with Crippen LogP contribution in [0.15, 0.2) is 120 Å². The molecular weight excluding hydrogens is 717 g/mol. The highest BCUT2D eigenvalue weighted by Gasteiger charge is 2.31. The van der Waals surface area contributed by atoms with E-state index in [0.29, 0.717) is 11.5 Å². The number of thiazole rings is 2. The van der Waals surface area contributed by atoms with E-state index < -0.39 is 0 Å². The first-order valence-corrected chi connectivity index (χ1v) is 20.1. The topological polar surface area (TPSA) is 111 Å². The summed E-state index contributed by atoms with van der Waals surface area (Å²) < 4.78 is 11.3. The summed E-state index contributed by atoms with van der Waals surface area (Å²) in [7, 11) is 0. The largest absolute Gasteiger partial charge is 0.484 e. The van der Waals surface area contributed by atoms with Crippen molar-refractivity contribution in [3.63, 3.8) is 0 Å². The Bertz CT molecular complexity index is 1910. The van der Waals surface area contributed by atoms with Crippen molar-refractivity contribution in [2.75, 3.05) is 26.3 Å². The standard InChI is InChI=1S/2C21H21N3O2S/c2*25-20(14-26-16-8-2-1-3-9-16)24-13-7-5-11-19(24)18-15-27-21(23-18)17-10-4-6-12-22-17/h2*1-4,6,8-10,12,15,19H,5,7,11,13-14H2/t2*19-/m11/s1. The van der Waals surface area contributed by atoms with Crippen LogP contribution in [0, 0.1) is 0 Å². The van der Waals surface area contributed by atoms with Gasteiger partial charge in [0, 0.05) is 36.2 Å². The first-order chi connectivity index (χ1) is 26.6. The van der Waals surface area contributed by atoms with Gasteiger partial charge in [-0.25, -0.2) is 9.97 Å². The zero-order valence-corrected chi connectivity index (χ0v) is 31.5. The van der Waals surface area contributed by atoms with Crippen molar-refractivity contribution in [3.8, 4) is 32.9 Å². The second-order valence-electron chi connectivity index (χ2n) is 13.0. The lowest BCUT2D eigenvalue weighted by Crippen LogP contribution is -2.41. The Hall–Kier alpha value is -5.46. The van der Waals surface area contributed by atoms with Gasteiger partial charge >= 0.3 is 0 Å². The predicted octanol–water partition coefficient (Wildman–Crippen LogP) is 8.68. The molecule has 2 aromatic carbocycles. The minimum atomic E-state index is 0.0101. The van der Waals surface area contributed by atoms with Crippen molar-refractivity contribution in [2.24, 2.45) is 0 Å². The molecule has 0 spiro atoms. The molecule has 10 nitrogen and oxygen atoms in total. The van der Waals surface area contributed by atoms with E-state index in [-0.39, 0.29) is 37.1 Å². The molecule has 0 saturated carbocycles. The first kappa shape index (κ1) is 36.9. The van der Waals surface area contributed by atoms with E-state index in [1.54, 1.807) is 35.1 Å².